The first-order chi connectivity index (χ1) is 15.4. The van der Waals surface area contributed by atoms with Crippen LogP contribution < -0.4 is 5.32 Å². The lowest BCUT2D eigenvalue weighted by molar-refractivity contribution is -0.137. The molecule has 7 heteroatoms. The first kappa shape index (κ1) is 22.2. The highest BCUT2D eigenvalue weighted by Gasteiger charge is 2.29. The van der Waals surface area contributed by atoms with E-state index in [1.54, 1.807) is 18.2 Å². The standard InChI is InChI=1S/C25H21Cl2NO4/c26-16-10-9-15(23(27)12-16)11-17(13-24(29)30)28-25(31)32-14-22-20-7-3-1-5-18(20)19-6-2-4-8-21(19)22/h1-10,12,17,22H,11,13-14H2,(H,28,31)(H,29,30). The van der Waals surface area contributed by atoms with E-state index in [1.807, 2.05) is 36.4 Å². The summed E-state index contributed by atoms with van der Waals surface area (Å²) in [5.41, 5.74) is 5.19. The average Bonchev–Trinajstić information content (AvgIpc) is 3.07. The van der Waals surface area contributed by atoms with E-state index in [-0.39, 0.29) is 25.4 Å². The van der Waals surface area contributed by atoms with Crippen molar-refractivity contribution in [1.29, 1.82) is 0 Å². The van der Waals surface area contributed by atoms with Crippen molar-refractivity contribution < 1.29 is 19.4 Å². The van der Waals surface area contributed by atoms with E-state index in [1.165, 1.54) is 0 Å². The van der Waals surface area contributed by atoms with Gasteiger partial charge in [0.25, 0.3) is 0 Å². The van der Waals surface area contributed by atoms with Crippen LogP contribution in [0.3, 0.4) is 0 Å². The van der Waals surface area contributed by atoms with Gasteiger partial charge in [0.1, 0.15) is 6.61 Å². The second-order valence-corrected chi connectivity index (χ2v) is 8.55. The van der Waals surface area contributed by atoms with E-state index >= 15 is 0 Å². The number of halogens is 2. The number of rotatable bonds is 7. The van der Waals surface area contributed by atoms with Gasteiger partial charge in [-0.25, -0.2) is 4.79 Å². The number of alkyl carbamates (subject to hydrolysis) is 1. The number of fused-ring (bicyclic) bond motifs is 3. The fraction of sp³-hybridized carbons (Fsp3) is 0.200. The van der Waals surface area contributed by atoms with Gasteiger partial charge in [0.15, 0.2) is 0 Å². The number of aliphatic carboxylic acids is 1. The number of hydrogen-bond donors (Lipinski definition) is 2. The summed E-state index contributed by atoms with van der Waals surface area (Å²) in [7, 11) is 0. The maximum Gasteiger partial charge on any atom is 0.407 e. The van der Waals surface area contributed by atoms with E-state index in [0.29, 0.717) is 15.6 Å². The van der Waals surface area contributed by atoms with Gasteiger partial charge >= 0.3 is 12.1 Å². The minimum absolute atomic E-state index is 0.0724. The molecule has 1 aliphatic rings. The monoisotopic (exact) mass is 469 g/mol. The Bertz CT molecular complexity index is 1120. The van der Waals surface area contributed by atoms with Gasteiger partial charge in [-0.15, -0.1) is 0 Å². The van der Waals surface area contributed by atoms with E-state index in [4.69, 9.17) is 27.9 Å². The molecule has 1 aliphatic carbocycles. The molecule has 0 saturated heterocycles. The highest BCUT2D eigenvalue weighted by molar-refractivity contribution is 6.35. The smallest absolute Gasteiger partial charge is 0.407 e. The first-order valence-corrected chi connectivity index (χ1v) is 10.9. The molecule has 0 aromatic heterocycles. The molecule has 1 amide bonds. The quantitative estimate of drug-likeness (QED) is 0.450. The third-order valence-electron chi connectivity index (χ3n) is 5.57. The van der Waals surface area contributed by atoms with Crippen LogP contribution in [0, 0.1) is 0 Å². The zero-order chi connectivity index (χ0) is 22.7. The van der Waals surface area contributed by atoms with Crippen LogP contribution in [0.1, 0.15) is 29.0 Å². The van der Waals surface area contributed by atoms with Crippen LogP contribution >= 0.6 is 23.2 Å². The molecule has 0 spiro atoms. The molecule has 164 valence electrons. The molecular weight excluding hydrogens is 449 g/mol. The van der Waals surface area contributed by atoms with Crippen LogP contribution in [0.15, 0.2) is 66.7 Å². The molecule has 1 atom stereocenters. The summed E-state index contributed by atoms with van der Waals surface area (Å²) in [6, 6.07) is 20.4. The van der Waals surface area contributed by atoms with E-state index in [2.05, 4.69) is 17.4 Å². The Labute approximate surface area is 195 Å². The van der Waals surface area contributed by atoms with Crippen molar-refractivity contribution in [2.75, 3.05) is 6.61 Å². The van der Waals surface area contributed by atoms with Crippen LogP contribution in [0.25, 0.3) is 11.1 Å². The molecule has 32 heavy (non-hydrogen) atoms. The Hall–Kier alpha value is -3.02. The number of carboxylic acid groups (broad SMARTS) is 1. The van der Waals surface area contributed by atoms with Gasteiger partial charge < -0.3 is 15.2 Å². The minimum Gasteiger partial charge on any atom is -0.481 e. The maximum absolute atomic E-state index is 12.6. The van der Waals surface area contributed by atoms with Crippen LogP contribution in [-0.2, 0) is 16.0 Å². The normalized spacial score (nSPS) is 13.2. The number of hydrogen-bond acceptors (Lipinski definition) is 3. The van der Waals surface area contributed by atoms with E-state index < -0.39 is 18.1 Å². The Kier molecular flexibility index (Phi) is 6.68. The topological polar surface area (TPSA) is 75.6 Å². The highest BCUT2D eigenvalue weighted by Crippen LogP contribution is 2.44. The van der Waals surface area contributed by atoms with Crippen molar-refractivity contribution in [2.24, 2.45) is 0 Å². The molecule has 0 radical (unpaired) electrons. The van der Waals surface area contributed by atoms with E-state index in [0.717, 1.165) is 22.3 Å². The lowest BCUT2D eigenvalue weighted by Gasteiger charge is -2.19. The van der Waals surface area contributed by atoms with Gasteiger partial charge in [-0.2, -0.15) is 0 Å². The second-order valence-electron chi connectivity index (χ2n) is 7.70. The molecule has 5 nitrogen and oxygen atoms in total. The Morgan fingerprint density at radius 3 is 2.19 bits per heavy atom. The fourth-order valence-electron chi connectivity index (χ4n) is 4.14. The van der Waals surface area contributed by atoms with Crippen molar-refractivity contribution in [1.82, 2.24) is 5.32 Å². The van der Waals surface area contributed by atoms with Crippen molar-refractivity contribution >= 4 is 35.3 Å². The Morgan fingerprint density at radius 1 is 0.969 bits per heavy atom. The van der Waals surface area contributed by atoms with Crippen LogP contribution in [-0.4, -0.2) is 29.8 Å². The summed E-state index contributed by atoms with van der Waals surface area (Å²) < 4.78 is 5.54. The molecule has 3 aromatic carbocycles. The molecule has 0 bridgehead atoms. The van der Waals surface area contributed by atoms with Crippen LogP contribution in [0.4, 0.5) is 4.79 Å². The van der Waals surface area contributed by atoms with Crippen molar-refractivity contribution in [3.8, 4) is 11.1 Å². The van der Waals surface area contributed by atoms with Crippen molar-refractivity contribution in [3.05, 3.63) is 93.5 Å². The summed E-state index contributed by atoms with van der Waals surface area (Å²) in [5, 5.41) is 12.8. The average molecular weight is 470 g/mol. The van der Waals surface area contributed by atoms with Crippen molar-refractivity contribution in [2.45, 2.75) is 24.8 Å². The Morgan fingerprint density at radius 2 is 1.59 bits per heavy atom. The fourth-order valence-corrected chi connectivity index (χ4v) is 4.63. The molecule has 2 N–H and O–H groups in total. The second kappa shape index (κ2) is 9.63. The molecule has 0 saturated carbocycles. The molecular formula is C25H21Cl2NO4. The van der Waals surface area contributed by atoms with Crippen LogP contribution in [0.2, 0.25) is 10.0 Å². The first-order valence-electron chi connectivity index (χ1n) is 10.2. The lowest BCUT2D eigenvalue weighted by atomic mass is 9.98. The predicted molar refractivity (Wildman–Crippen MR) is 124 cm³/mol. The summed E-state index contributed by atoms with van der Waals surface area (Å²) in [5.74, 6) is -1.10. The molecule has 1 unspecified atom stereocenters. The largest absolute Gasteiger partial charge is 0.481 e. The number of ether oxygens (including phenoxy) is 1. The van der Waals surface area contributed by atoms with Gasteiger partial charge in [-0.3, -0.25) is 4.79 Å². The number of carboxylic acids is 1. The number of amides is 1. The summed E-state index contributed by atoms with van der Waals surface area (Å²) >= 11 is 12.1. The third-order valence-corrected chi connectivity index (χ3v) is 6.16. The summed E-state index contributed by atoms with van der Waals surface area (Å²) in [4.78, 5) is 23.9. The predicted octanol–water partition coefficient (Wildman–Crippen LogP) is 5.92. The highest BCUT2D eigenvalue weighted by atomic mass is 35.5. The number of nitrogens with one attached hydrogen (secondary N) is 1. The summed E-state index contributed by atoms with van der Waals surface area (Å²) in [6.45, 7) is 0.154. The number of carbonyl (C=O) groups excluding carboxylic acids is 1. The SMILES string of the molecule is O=C(O)CC(Cc1ccc(Cl)cc1Cl)NC(=O)OCC1c2ccccc2-c2ccccc21. The molecule has 0 fully saturated rings. The van der Waals surface area contributed by atoms with Gasteiger partial charge in [0.2, 0.25) is 0 Å². The zero-order valence-corrected chi connectivity index (χ0v) is 18.6. The zero-order valence-electron chi connectivity index (χ0n) is 17.1. The Balaban J connectivity index is 1.44. The molecule has 3 aromatic rings. The molecule has 4 rings (SSSR count). The van der Waals surface area contributed by atoms with Gasteiger partial charge in [0, 0.05) is 22.0 Å². The lowest BCUT2D eigenvalue weighted by Crippen LogP contribution is -2.39. The van der Waals surface area contributed by atoms with Crippen molar-refractivity contribution in [3.63, 3.8) is 0 Å². The van der Waals surface area contributed by atoms with Gasteiger partial charge in [-0.05, 0) is 46.4 Å². The van der Waals surface area contributed by atoms with Gasteiger partial charge in [-0.1, -0.05) is 77.8 Å². The number of benzene rings is 3. The third kappa shape index (κ3) is 4.90. The molecule has 0 aliphatic heterocycles. The van der Waals surface area contributed by atoms with Crippen LogP contribution in [0.5, 0.6) is 0 Å². The maximum atomic E-state index is 12.6. The van der Waals surface area contributed by atoms with Gasteiger partial charge in [0.05, 0.1) is 6.42 Å². The minimum atomic E-state index is -1.03. The van der Waals surface area contributed by atoms with E-state index in [9.17, 15) is 14.7 Å². The number of carbonyl (C=O) groups is 2. The molecule has 0 heterocycles. The summed E-state index contributed by atoms with van der Waals surface area (Å²) in [6.07, 6.45) is -0.682.